The van der Waals surface area contributed by atoms with Crippen LogP contribution in [0.2, 0.25) is 0 Å². The van der Waals surface area contributed by atoms with Gasteiger partial charge in [0.1, 0.15) is 6.29 Å². The van der Waals surface area contributed by atoms with Gasteiger partial charge in [-0.3, -0.25) is 4.79 Å². The number of nitrogens with one attached hydrogen (secondary N) is 2. The minimum absolute atomic E-state index is 0.0425. The first kappa shape index (κ1) is 48.7. The number of carbonyl (C=O) groups is 1. The third kappa shape index (κ3) is 11.0. The predicted octanol–water partition coefficient (Wildman–Crippen LogP) is 7.97. The Kier molecular flexibility index (Phi) is 17.0. The zero-order valence-corrected chi connectivity index (χ0v) is 38.7. The van der Waals surface area contributed by atoms with Gasteiger partial charge in [0.2, 0.25) is 0 Å². The van der Waals surface area contributed by atoms with Crippen LogP contribution in [0.1, 0.15) is 88.8 Å². The lowest BCUT2D eigenvalue weighted by Gasteiger charge is -2.61. The lowest BCUT2D eigenvalue weighted by Crippen LogP contribution is -2.65. The van der Waals surface area contributed by atoms with E-state index < -0.39 is 29.1 Å². The highest BCUT2D eigenvalue weighted by Crippen LogP contribution is 2.67. The lowest BCUT2D eigenvalue weighted by molar-refractivity contribution is -0.194. The third-order valence-electron chi connectivity index (χ3n) is 15.3. The Labute approximate surface area is 378 Å². The monoisotopic (exact) mass is 861 g/mol. The molecule has 2 fully saturated rings. The first-order valence-electron chi connectivity index (χ1n) is 23.6. The summed E-state index contributed by atoms with van der Waals surface area (Å²) in [4.78, 5) is 12.5. The zero-order valence-electron chi connectivity index (χ0n) is 38.7. The molecule has 0 saturated heterocycles. The van der Waals surface area contributed by atoms with Crippen LogP contribution in [0.15, 0.2) is 125 Å². The Bertz CT molecular complexity index is 2020. The van der Waals surface area contributed by atoms with Crippen molar-refractivity contribution >= 4 is 6.29 Å². The van der Waals surface area contributed by atoms with Gasteiger partial charge in [0.25, 0.3) is 0 Å². The number of methoxy groups -OCH3 is 1. The molecular weight excluding hydrogens is 785 g/mol. The molecule has 4 aliphatic rings. The van der Waals surface area contributed by atoms with E-state index in [0.717, 1.165) is 60.8 Å². The van der Waals surface area contributed by atoms with E-state index in [0.29, 0.717) is 63.7 Å². The Balaban J connectivity index is 1.35. The summed E-state index contributed by atoms with van der Waals surface area (Å²) >= 11 is 0. The van der Waals surface area contributed by atoms with Crippen LogP contribution in [-0.2, 0) is 28.8 Å². The minimum atomic E-state index is -1.26. The van der Waals surface area contributed by atoms with Crippen LogP contribution < -0.4 is 10.6 Å². The molecule has 2 aromatic rings. The number of fused-ring (bicyclic) bond motifs is 5. The molecule has 1 spiro atoms. The highest BCUT2D eigenvalue weighted by atomic mass is 16.5. The molecule has 8 nitrogen and oxygen atoms in total. The molecule has 1 heterocycles. The van der Waals surface area contributed by atoms with Crippen LogP contribution in [-0.4, -0.2) is 90.5 Å². The minimum Gasteiger partial charge on any atom is -0.396 e. The van der Waals surface area contributed by atoms with Crippen LogP contribution in [0.3, 0.4) is 0 Å². The molecule has 6 N–H and O–H groups in total. The molecule has 4 bridgehead atoms. The Morgan fingerprint density at radius 2 is 1.89 bits per heavy atom. The number of hydrogen-bond donors (Lipinski definition) is 6. The molecular formula is C55H76N2O6. The van der Waals surface area contributed by atoms with Gasteiger partial charge in [-0.05, 0) is 151 Å². The molecule has 2 aromatic carbocycles. The summed E-state index contributed by atoms with van der Waals surface area (Å²) in [7, 11) is 3.64. The molecule has 0 aromatic heterocycles. The molecule has 8 heteroatoms. The van der Waals surface area contributed by atoms with Gasteiger partial charge >= 0.3 is 0 Å². The summed E-state index contributed by atoms with van der Waals surface area (Å²) < 4.78 is 5.48. The van der Waals surface area contributed by atoms with Crippen LogP contribution in [0.5, 0.6) is 0 Å². The fraction of sp³-hybridized carbons (Fsp3) is 0.545. The molecule has 2 saturated carbocycles. The number of carbonyl (C=O) groups excluding carboxylic acids is 1. The maximum Gasteiger partial charge on any atom is 0.145 e. The second-order valence-corrected chi connectivity index (χ2v) is 19.6. The van der Waals surface area contributed by atoms with Gasteiger partial charge in [-0.15, -0.1) is 0 Å². The first-order chi connectivity index (χ1) is 30.3. The molecule has 1 aliphatic heterocycles. The number of hydrogen-bond acceptors (Lipinski definition) is 8. The van der Waals surface area contributed by atoms with Gasteiger partial charge in [-0.25, -0.2) is 0 Å². The topological polar surface area (TPSA) is 131 Å². The summed E-state index contributed by atoms with van der Waals surface area (Å²) in [5, 5.41) is 55.9. The van der Waals surface area contributed by atoms with E-state index in [4.69, 9.17) is 4.74 Å². The van der Waals surface area contributed by atoms with E-state index in [-0.39, 0.29) is 35.8 Å². The number of aliphatic hydroxyl groups excluding tert-OH is 3. The van der Waals surface area contributed by atoms with Crippen LogP contribution >= 0.6 is 0 Å². The van der Waals surface area contributed by atoms with Crippen molar-refractivity contribution in [2.75, 3.05) is 40.5 Å². The molecule has 0 radical (unpaired) electrons. The van der Waals surface area contributed by atoms with Crippen molar-refractivity contribution in [1.82, 2.24) is 10.6 Å². The van der Waals surface area contributed by atoms with Crippen molar-refractivity contribution in [2.24, 2.45) is 35.0 Å². The normalized spacial score (nSPS) is 33.3. The second kappa shape index (κ2) is 22.0. The average Bonchev–Trinajstić information content (AvgIpc) is 3.62. The number of aryl methyl sites for hydroxylation is 1. The van der Waals surface area contributed by atoms with E-state index in [1.165, 1.54) is 16.7 Å². The van der Waals surface area contributed by atoms with E-state index in [2.05, 4.69) is 91.8 Å². The summed E-state index contributed by atoms with van der Waals surface area (Å²) in [6, 6.07) is 19.1. The number of aliphatic hydroxyl groups is 4. The largest absolute Gasteiger partial charge is 0.396 e. The highest BCUT2D eigenvalue weighted by Gasteiger charge is 2.68. The van der Waals surface area contributed by atoms with Crippen molar-refractivity contribution in [3.05, 3.63) is 142 Å². The quantitative estimate of drug-likeness (QED) is 0.0409. The fourth-order valence-corrected chi connectivity index (χ4v) is 11.9. The van der Waals surface area contributed by atoms with Gasteiger partial charge in [-0.1, -0.05) is 114 Å². The van der Waals surface area contributed by atoms with Crippen LogP contribution in [0.25, 0.3) is 0 Å². The van der Waals surface area contributed by atoms with Crippen LogP contribution in [0, 0.1) is 35.0 Å². The van der Waals surface area contributed by atoms with Crippen molar-refractivity contribution in [3.8, 4) is 0 Å². The maximum absolute atomic E-state index is 13.1. The molecule has 0 unspecified atom stereocenters. The lowest BCUT2D eigenvalue weighted by atomic mass is 9.45. The third-order valence-corrected chi connectivity index (χ3v) is 15.3. The summed E-state index contributed by atoms with van der Waals surface area (Å²) in [5.41, 5.74) is 6.00. The van der Waals surface area contributed by atoms with Gasteiger partial charge < -0.3 is 35.8 Å². The molecule has 342 valence electrons. The summed E-state index contributed by atoms with van der Waals surface area (Å²) in [6.45, 7) is 13.0. The van der Waals surface area contributed by atoms with E-state index in [9.17, 15) is 25.2 Å². The van der Waals surface area contributed by atoms with Gasteiger partial charge in [0.15, 0.2) is 0 Å². The predicted molar refractivity (Wildman–Crippen MR) is 255 cm³/mol. The number of rotatable bonds is 17. The number of aldehydes is 1. The summed E-state index contributed by atoms with van der Waals surface area (Å²) in [5.74, 6) is -0.934. The Morgan fingerprint density at radius 3 is 2.62 bits per heavy atom. The van der Waals surface area contributed by atoms with Crippen molar-refractivity contribution in [2.45, 2.75) is 115 Å². The van der Waals surface area contributed by atoms with E-state index in [1.807, 2.05) is 44.3 Å². The zero-order chi connectivity index (χ0) is 45.2. The van der Waals surface area contributed by atoms with Crippen molar-refractivity contribution in [3.63, 3.8) is 0 Å². The van der Waals surface area contributed by atoms with Crippen molar-refractivity contribution < 1.29 is 30.0 Å². The van der Waals surface area contributed by atoms with Gasteiger partial charge in [0.05, 0.1) is 17.8 Å². The van der Waals surface area contributed by atoms with Crippen LogP contribution in [0.4, 0.5) is 0 Å². The number of allylic oxidation sites excluding steroid dienone is 9. The Hall–Kier alpha value is -3.73. The molecule has 6 rings (SSSR count). The van der Waals surface area contributed by atoms with Crippen molar-refractivity contribution in [1.29, 1.82) is 0 Å². The Morgan fingerprint density at radius 1 is 1.11 bits per heavy atom. The first-order valence-corrected chi connectivity index (χ1v) is 23.6. The average molecular weight is 861 g/mol. The second-order valence-electron chi connectivity index (χ2n) is 19.6. The molecule has 3 aliphatic carbocycles. The maximum atomic E-state index is 13.1. The number of benzene rings is 2. The van der Waals surface area contributed by atoms with E-state index >= 15 is 0 Å². The van der Waals surface area contributed by atoms with Gasteiger partial charge in [0, 0.05) is 49.7 Å². The molecule has 63 heavy (non-hydrogen) atoms. The molecule has 10 atom stereocenters. The van der Waals surface area contributed by atoms with Gasteiger partial charge in [-0.2, -0.15) is 0 Å². The smallest absolute Gasteiger partial charge is 0.145 e. The fourth-order valence-electron chi connectivity index (χ4n) is 11.9. The number of ether oxygens (including phenoxy) is 1. The standard InChI is InChI=1S/C55H76N2O6/c1-38-18-20-45(33-42-15-11-16-43(32-42)34-53(4,57-36-38)28-31-63-6)39(2)12-10-17-47(49(60)23-19-41-13-8-7-9-14-41)48-24-26-55(52(48)61)51-44(25-30-58)21-22-46(50(51)40(3)37-59)35-54(55,62)27-29-56-5/h7-18,21-22,32,37,44-46,48-49,51-52,56-58,60-62H,2,19-20,23-31,33-36H2,1,3-6H3/b12-10+,38-18+,47-17+,50-40?/t44-,45-,46-,48-,49+,51-,52+,53-,54+,55+/m0/s1. The summed E-state index contributed by atoms with van der Waals surface area (Å²) in [6.07, 6.45) is 18.8. The van der Waals surface area contributed by atoms with E-state index in [1.54, 1.807) is 7.11 Å². The molecule has 0 amide bonds. The highest BCUT2D eigenvalue weighted by molar-refractivity contribution is 5.74. The SMILES string of the molecule is C=C(/C=C/C=C(/[C@H](O)CCc1ccccc1)[C@@H]1CC[C@]2([C@@H]1O)[C@@H]1C(=C(C)C=O)[C@@H](C=C[C@H]1CCO)C[C@]2(O)CCNC)[C@H]1C/C=C(\C)CN[C@@](C)(CCOC)Cc2cccc(c2)C1.